The molecule has 0 unspecified atom stereocenters. The molecule has 0 saturated carbocycles. The number of benzene rings is 1. The molecular formula is C17H16N2O. The molecule has 3 heteroatoms. The molecule has 3 aromatic rings. The van der Waals surface area contributed by atoms with Crippen LogP contribution in [0.2, 0.25) is 0 Å². The monoisotopic (exact) mass is 264 g/mol. The molecule has 0 radical (unpaired) electrons. The van der Waals surface area contributed by atoms with Crippen LogP contribution in [0.25, 0.3) is 5.65 Å². The molecule has 0 N–H and O–H groups in total. The van der Waals surface area contributed by atoms with E-state index in [4.69, 9.17) is 4.74 Å². The second-order valence-electron chi connectivity index (χ2n) is 5.27. The Hall–Kier alpha value is -2.29. The van der Waals surface area contributed by atoms with E-state index in [1.807, 2.05) is 35.0 Å². The summed E-state index contributed by atoms with van der Waals surface area (Å²) in [5.74, 6) is 0.947. The maximum Gasteiger partial charge on any atom is 0.137 e. The van der Waals surface area contributed by atoms with Crippen molar-refractivity contribution in [2.24, 2.45) is 0 Å². The van der Waals surface area contributed by atoms with Crippen LogP contribution >= 0.6 is 0 Å². The summed E-state index contributed by atoms with van der Waals surface area (Å²) in [6.45, 7) is 0.514. The van der Waals surface area contributed by atoms with Gasteiger partial charge in [0.2, 0.25) is 0 Å². The lowest BCUT2D eigenvalue weighted by Crippen LogP contribution is -1.96. The third-order valence-corrected chi connectivity index (χ3v) is 3.87. The molecular weight excluding hydrogens is 248 g/mol. The highest BCUT2D eigenvalue weighted by Crippen LogP contribution is 2.26. The molecule has 2 aromatic heterocycles. The highest BCUT2D eigenvalue weighted by molar-refractivity contribution is 5.40. The van der Waals surface area contributed by atoms with Crippen molar-refractivity contribution in [2.45, 2.75) is 25.9 Å². The van der Waals surface area contributed by atoms with Crippen molar-refractivity contribution in [1.29, 1.82) is 0 Å². The van der Waals surface area contributed by atoms with Gasteiger partial charge in [-0.15, -0.1) is 0 Å². The number of imidazole rings is 1. The van der Waals surface area contributed by atoms with Gasteiger partial charge in [0.05, 0.1) is 5.69 Å². The normalized spacial score (nSPS) is 13.6. The minimum absolute atomic E-state index is 0.514. The van der Waals surface area contributed by atoms with Gasteiger partial charge in [0, 0.05) is 12.4 Å². The molecule has 4 rings (SSSR count). The Labute approximate surface area is 117 Å². The molecule has 0 saturated heterocycles. The van der Waals surface area contributed by atoms with Gasteiger partial charge >= 0.3 is 0 Å². The number of pyridine rings is 1. The van der Waals surface area contributed by atoms with Crippen LogP contribution < -0.4 is 4.74 Å². The van der Waals surface area contributed by atoms with E-state index < -0.39 is 0 Å². The fourth-order valence-electron chi connectivity index (χ4n) is 2.85. The van der Waals surface area contributed by atoms with Crippen LogP contribution in [0, 0.1) is 0 Å². The fraction of sp³-hybridized carbons (Fsp3) is 0.235. The van der Waals surface area contributed by atoms with E-state index in [1.54, 1.807) is 0 Å². The van der Waals surface area contributed by atoms with E-state index in [0.29, 0.717) is 6.61 Å². The van der Waals surface area contributed by atoms with Crippen LogP contribution in [0.15, 0.2) is 48.8 Å². The molecule has 1 aliphatic rings. The summed E-state index contributed by atoms with van der Waals surface area (Å²) in [6, 6.07) is 12.4. The van der Waals surface area contributed by atoms with Crippen molar-refractivity contribution in [1.82, 2.24) is 9.38 Å². The van der Waals surface area contributed by atoms with E-state index in [-0.39, 0.29) is 0 Å². The Bertz CT molecular complexity index is 728. The van der Waals surface area contributed by atoms with Crippen molar-refractivity contribution >= 4 is 5.65 Å². The van der Waals surface area contributed by atoms with Crippen LogP contribution in [-0.4, -0.2) is 9.38 Å². The highest BCUT2D eigenvalue weighted by atomic mass is 16.5. The zero-order valence-corrected chi connectivity index (χ0v) is 11.2. The Morgan fingerprint density at radius 1 is 1.10 bits per heavy atom. The Morgan fingerprint density at radius 3 is 3.00 bits per heavy atom. The molecule has 0 fully saturated rings. The number of hydrogen-bond acceptors (Lipinski definition) is 2. The van der Waals surface area contributed by atoms with E-state index in [2.05, 4.69) is 23.2 Å². The summed E-state index contributed by atoms with van der Waals surface area (Å²) in [4.78, 5) is 4.54. The number of aryl methyl sites for hydroxylation is 2. The lowest BCUT2D eigenvalue weighted by atomic mass is 10.1. The summed E-state index contributed by atoms with van der Waals surface area (Å²) in [5.41, 5.74) is 4.83. The van der Waals surface area contributed by atoms with E-state index >= 15 is 0 Å². The van der Waals surface area contributed by atoms with Crippen molar-refractivity contribution in [2.75, 3.05) is 0 Å². The number of aromatic nitrogens is 2. The lowest BCUT2D eigenvalue weighted by molar-refractivity contribution is 0.302. The summed E-state index contributed by atoms with van der Waals surface area (Å²) in [6.07, 6.45) is 7.68. The average Bonchev–Trinajstić information content (AvgIpc) is 3.10. The van der Waals surface area contributed by atoms with Crippen molar-refractivity contribution in [3.05, 3.63) is 65.6 Å². The van der Waals surface area contributed by atoms with E-state index in [9.17, 15) is 0 Å². The molecule has 0 amide bonds. The van der Waals surface area contributed by atoms with Crippen LogP contribution in [0.1, 0.15) is 23.2 Å². The fourth-order valence-corrected chi connectivity index (χ4v) is 2.85. The lowest BCUT2D eigenvalue weighted by Gasteiger charge is -2.06. The second-order valence-corrected chi connectivity index (χ2v) is 5.27. The first-order valence-corrected chi connectivity index (χ1v) is 7.06. The first-order chi connectivity index (χ1) is 9.88. The zero-order chi connectivity index (χ0) is 13.4. The van der Waals surface area contributed by atoms with Gasteiger partial charge in [0.1, 0.15) is 18.0 Å². The average molecular weight is 264 g/mol. The number of hydrogen-bond donors (Lipinski definition) is 0. The highest BCUT2D eigenvalue weighted by Gasteiger charge is 2.11. The molecule has 0 aliphatic heterocycles. The van der Waals surface area contributed by atoms with Gasteiger partial charge in [-0.2, -0.15) is 0 Å². The van der Waals surface area contributed by atoms with Crippen molar-refractivity contribution in [3.8, 4) is 5.75 Å². The Balaban J connectivity index is 1.52. The second kappa shape index (κ2) is 4.67. The van der Waals surface area contributed by atoms with Gasteiger partial charge in [-0.1, -0.05) is 12.1 Å². The van der Waals surface area contributed by atoms with Crippen LogP contribution in [0.3, 0.4) is 0 Å². The smallest absolute Gasteiger partial charge is 0.137 e. The largest absolute Gasteiger partial charge is 0.487 e. The molecule has 3 nitrogen and oxygen atoms in total. The summed E-state index contributed by atoms with van der Waals surface area (Å²) >= 11 is 0. The predicted octanol–water partition coefficient (Wildman–Crippen LogP) is 3.40. The first kappa shape index (κ1) is 11.5. The van der Waals surface area contributed by atoms with Gasteiger partial charge in [-0.25, -0.2) is 4.98 Å². The molecule has 1 aromatic carbocycles. The maximum absolute atomic E-state index is 5.87. The first-order valence-electron chi connectivity index (χ1n) is 7.06. The quantitative estimate of drug-likeness (QED) is 0.724. The van der Waals surface area contributed by atoms with Crippen molar-refractivity contribution in [3.63, 3.8) is 0 Å². The number of rotatable bonds is 3. The van der Waals surface area contributed by atoms with Gasteiger partial charge in [-0.3, -0.25) is 0 Å². The van der Waals surface area contributed by atoms with Crippen LogP contribution in [-0.2, 0) is 19.4 Å². The number of ether oxygens (including phenoxy) is 1. The van der Waals surface area contributed by atoms with Gasteiger partial charge in [0.25, 0.3) is 0 Å². The van der Waals surface area contributed by atoms with E-state index in [1.165, 1.54) is 30.4 Å². The minimum atomic E-state index is 0.514. The SMILES string of the molecule is c1ccn2cc(COc3ccc4c(c3)CCC4)nc2c1. The molecule has 20 heavy (non-hydrogen) atoms. The third kappa shape index (κ3) is 2.05. The van der Waals surface area contributed by atoms with Gasteiger partial charge in [-0.05, 0) is 54.7 Å². The molecule has 1 aliphatic carbocycles. The summed E-state index contributed by atoms with van der Waals surface area (Å²) in [7, 11) is 0. The standard InChI is InChI=1S/C17H16N2O/c1-2-9-19-11-15(18-17(19)6-1)12-20-16-8-7-13-4-3-5-14(13)10-16/h1-2,6-11H,3-5,12H2. The van der Waals surface area contributed by atoms with Crippen LogP contribution in [0.5, 0.6) is 5.75 Å². The Kier molecular flexibility index (Phi) is 2.69. The predicted molar refractivity (Wildman–Crippen MR) is 78.0 cm³/mol. The molecule has 100 valence electrons. The van der Waals surface area contributed by atoms with Gasteiger partial charge < -0.3 is 9.14 Å². The topological polar surface area (TPSA) is 26.5 Å². The van der Waals surface area contributed by atoms with Crippen molar-refractivity contribution < 1.29 is 4.74 Å². The molecule has 0 bridgehead atoms. The minimum Gasteiger partial charge on any atom is -0.487 e. The maximum atomic E-state index is 5.87. The summed E-state index contributed by atoms with van der Waals surface area (Å²) < 4.78 is 7.89. The van der Waals surface area contributed by atoms with E-state index in [0.717, 1.165) is 17.1 Å². The number of fused-ring (bicyclic) bond motifs is 2. The Morgan fingerprint density at radius 2 is 2.05 bits per heavy atom. The molecule has 0 atom stereocenters. The molecule has 2 heterocycles. The zero-order valence-electron chi connectivity index (χ0n) is 11.2. The molecule has 0 spiro atoms. The summed E-state index contributed by atoms with van der Waals surface area (Å²) in [5, 5.41) is 0. The third-order valence-electron chi connectivity index (χ3n) is 3.87. The van der Waals surface area contributed by atoms with Gasteiger partial charge in [0.15, 0.2) is 0 Å². The number of nitrogens with zero attached hydrogens (tertiary/aromatic N) is 2. The van der Waals surface area contributed by atoms with Crippen LogP contribution in [0.4, 0.5) is 0 Å².